The molecule has 84 valence electrons. The van der Waals surface area contributed by atoms with Crippen molar-refractivity contribution >= 4 is 0 Å². The summed E-state index contributed by atoms with van der Waals surface area (Å²) in [5.41, 5.74) is 0. The van der Waals surface area contributed by atoms with Crippen LogP contribution in [-0.2, 0) is 0 Å². The van der Waals surface area contributed by atoms with Crippen LogP contribution < -0.4 is 0 Å². The van der Waals surface area contributed by atoms with E-state index in [0.29, 0.717) is 0 Å². The maximum absolute atomic E-state index is 2.45. The van der Waals surface area contributed by atoms with Gasteiger partial charge in [-0.2, -0.15) is 0 Å². The first-order valence-electron chi connectivity index (χ1n) is 6.79. The van der Waals surface area contributed by atoms with E-state index in [1.165, 1.54) is 64.2 Å². The summed E-state index contributed by atoms with van der Waals surface area (Å²) in [4.78, 5) is 0. The van der Waals surface area contributed by atoms with Crippen molar-refractivity contribution in [1.29, 1.82) is 0 Å². The second kappa shape index (κ2) is 7.31. The van der Waals surface area contributed by atoms with E-state index in [0.717, 1.165) is 11.8 Å². The van der Waals surface area contributed by atoms with Crippen LogP contribution in [0.3, 0.4) is 0 Å². The Morgan fingerprint density at radius 1 is 0.571 bits per heavy atom. The van der Waals surface area contributed by atoms with Crippen LogP contribution in [0.15, 0.2) is 0 Å². The zero-order valence-corrected chi connectivity index (χ0v) is 10.2. The summed E-state index contributed by atoms with van der Waals surface area (Å²) in [6, 6.07) is 0. The molecular formula is C14H28. The van der Waals surface area contributed by atoms with Gasteiger partial charge in [-0.05, 0) is 18.3 Å². The quantitative estimate of drug-likeness (QED) is 0.501. The van der Waals surface area contributed by atoms with Gasteiger partial charge in [0.1, 0.15) is 0 Å². The Hall–Kier alpha value is 0. The van der Waals surface area contributed by atoms with Gasteiger partial charge in [-0.3, -0.25) is 0 Å². The third-order valence-electron chi connectivity index (χ3n) is 3.70. The molecule has 0 heteroatoms. The minimum atomic E-state index is 0.976. The van der Waals surface area contributed by atoms with E-state index in [-0.39, 0.29) is 0 Å². The van der Waals surface area contributed by atoms with Gasteiger partial charge in [0.2, 0.25) is 0 Å². The molecule has 0 aliphatic heterocycles. The summed E-state index contributed by atoms with van der Waals surface area (Å²) in [6.07, 6.45) is 14.8. The molecule has 0 spiro atoms. The molecule has 0 radical (unpaired) electrons. The van der Waals surface area contributed by atoms with Crippen LogP contribution in [0.2, 0.25) is 0 Å². The van der Waals surface area contributed by atoms with E-state index < -0.39 is 0 Å². The standard InChI is InChI=1S/C14H28/c1-13-10-8-6-4-3-5-7-9-11-14(2)12-13/h13-14H,3-12H2,1-2H3. The van der Waals surface area contributed by atoms with Crippen molar-refractivity contribution in [1.82, 2.24) is 0 Å². The van der Waals surface area contributed by atoms with E-state index in [4.69, 9.17) is 0 Å². The van der Waals surface area contributed by atoms with Crippen LogP contribution >= 0.6 is 0 Å². The molecule has 0 saturated heterocycles. The van der Waals surface area contributed by atoms with Crippen LogP contribution in [0.1, 0.15) is 78.1 Å². The first-order valence-corrected chi connectivity index (χ1v) is 6.79. The van der Waals surface area contributed by atoms with Gasteiger partial charge in [0, 0.05) is 0 Å². The van der Waals surface area contributed by atoms with Crippen molar-refractivity contribution in [2.24, 2.45) is 11.8 Å². The van der Waals surface area contributed by atoms with Crippen LogP contribution in [0.25, 0.3) is 0 Å². The normalized spacial score (nSPS) is 33.0. The maximum Gasteiger partial charge on any atom is -0.0440 e. The lowest BCUT2D eigenvalue weighted by molar-refractivity contribution is 0.350. The van der Waals surface area contributed by atoms with E-state index in [1.54, 1.807) is 0 Å². The second-order valence-corrected chi connectivity index (χ2v) is 5.50. The second-order valence-electron chi connectivity index (χ2n) is 5.50. The minimum Gasteiger partial charge on any atom is -0.0625 e. The molecule has 0 amide bonds. The van der Waals surface area contributed by atoms with Gasteiger partial charge in [-0.15, -0.1) is 0 Å². The molecule has 0 N–H and O–H groups in total. The fraction of sp³-hybridized carbons (Fsp3) is 1.00. The van der Waals surface area contributed by atoms with Crippen molar-refractivity contribution < 1.29 is 0 Å². The fourth-order valence-corrected chi connectivity index (χ4v) is 2.79. The van der Waals surface area contributed by atoms with Gasteiger partial charge >= 0.3 is 0 Å². The molecule has 0 heterocycles. The predicted octanol–water partition coefficient (Wildman–Crippen LogP) is 5.17. The Morgan fingerprint density at radius 2 is 0.929 bits per heavy atom. The SMILES string of the molecule is CC1CCCCCCCCCC(C)C1. The monoisotopic (exact) mass is 196 g/mol. The minimum absolute atomic E-state index is 0.976. The predicted molar refractivity (Wildman–Crippen MR) is 64.5 cm³/mol. The highest BCUT2D eigenvalue weighted by Crippen LogP contribution is 2.24. The van der Waals surface area contributed by atoms with Gasteiger partial charge < -0.3 is 0 Å². The van der Waals surface area contributed by atoms with Crippen molar-refractivity contribution in [2.75, 3.05) is 0 Å². The van der Waals surface area contributed by atoms with E-state index in [2.05, 4.69) is 13.8 Å². The van der Waals surface area contributed by atoms with Gasteiger partial charge in [-0.25, -0.2) is 0 Å². The third kappa shape index (κ3) is 5.67. The van der Waals surface area contributed by atoms with Crippen molar-refractivity contribution in [3.63, 3.8) is 0 Å². The Labute approximate surface area is 90.5 Å². The summed E-state index contributed by atoms with van der Waals surface area (Å²) in [5.74, 6) is 1.95. The molecule has 0 aromatic heterocycles. The molecule has 1 aliphatic carbocycles. The summed E-state index contributed by atoms with van der Waals surface area (Å²) in [7, 11) is 0. The molecule has 2 atom stereocenters. The molecule has 14 heavy (non-hydrogen) atoms. The zero-order valence-electron chi connectivity index (χ0n) is 10.2. The molecular weight excluding hydrogens is 168 g/mol. The van der Waals surface area contributed by atoms with Crippen molar-refractivity contribution in [3.8, 4) is 0 Å². The molecule has 0 aromatic rings. The van der Waals surface area contributed by atoms with Crippen LogP contribution in [-0.4, -0.2) is 0 Å². The summed E-state index contributed by atoms with van der Waals surface area (Å²) >= 11 is 0. The lowest BCUT2D eigenvalue weighted by Gasteiger charge is -2.18. The highest BCUT2D eigenvalue weighted by molar-refractivity contribution is 4.62. The topological polar surface area (TPSA) is 0 Å². The Morgan fingerprint density at radius 3 is 1.36 bits per heavy atom. The van der Waals surface area contributed by atoms with Gasteiger partial charge in [0.05, 0.1) is 0 Å². The molecule has 0 aromatic carbocycles. The Kier molecular flexibility index (Phi) is 6.31. The summed E-state index contributed by atoms with van der Waals surface area (Å²) < 4.78 is 0. The molecule has 0 nitrogen and oxygen atoms in total. The van der Waals surface area contributed by atoms with Crippen molar-refractivity contribution in [2.45, 2.75) is 78.1 Å². The first-order chi connectivity index (χ1) is 6.79. The largest absolute Gasteiger partial charge is 0.0625 e. The number of rotatable bonds is 0. The Balaban J connectivity index is 2.22. The van der Waals surface area contributed by atoms with E-state index in [1.807, 2.05) is 0 Å². The molecule has 0 bridgehead atoms. The van der Waals surface area contributed by atoms with E-state index in [9.17, 15) is 0 Å². The van der Waals surface area contributed by atoms with Crippen LogP contribution in [0.5, 0.6) is 0 Å². The molecule has 1 fully saturated rings. The average molecular weight is 196 g/mol. The molecule has 1 rings (SSSR count). The molecule has 2 unspecified atom stereocenters. The highest BCUT2D eigenvalue weighted by Gasteiger charge is 2.09. The first kappa shape index (κ1) is 12.1. The zero-order chi connectivity index (χ0) is 10.2. The summed E-state index contributed by atoms with van der Waals surface area (Å²) in [6.45, 7) is 4.89. The number of hydrogen-bond donors (Lipinski definition) is 0. The van der Waals surface area contributed by atoms with Crippen LogP contribution in [0.4, 0.5) is 0 Å². The average Bonchev–Trinajstić information content (AvgIpc) is 2.13. The smallest absolute Gasteiger partial charge is 0.0440 e. The van der Waals surface area contributed by atoms with Crippen LogP contribution in [0, 0.1) is 11.8 Å². The van der Waals surface area contributed by atoms with E-state index >= 15 is 0 Å². The highest BCUT2D eigenvalue weighted by atomic mass is 14.1. The van der Waals surface area contributed by atoms with Gasteiger partial charge in [-0.1, -0.05) is 71.6 Å². The van der Waals surface area contributed by atoms with Gasteiger partial charge in [0.25, 0.3) is 0 Å². The molecule has 1 saturated carbocycles. The third-order valence-corrected chi connectivity index (χ3v) is 3.70. The Bertz CT molecular complexity index is 114. The van der Waals surface area contributed by atoms with Crippen molar-refractivity contribution in [3.05, 3.63) is 0 Å². The fourth-order valence-electron chi connectivity index (χ4n) is 2.79. The molecule has 1 aliphatic rings. The maximum atomic E-state index is 2.45. The lowest BCUT2D eigenvalue weighted by atomic mass is 9.88. The lowest BCUT2D eigenvalue weighted by Crippen LogP contribution is -2.04. The van der Waals surface area contributed by atoms with Gasteiger partial charge in [0.15, 0.2) is 0 Å². The summed E-state index contributed by atoms with van der Waals surface area (Å²) in [5, 5.41) is 0. The number of hydrogen-bond acceptors (Lipinski definition) is 0.